The van der Waals surface area contributed by atoms with Crippen LogP contribution in [0.1, 0.15) is 18.4 Å². The molecule has 3 rings (SSSR count). The van der Waals surface area contributed by atoms with Crippen LogP contribution in [0.3, 0.4) is 0 Å². The van der Waals surface area contributed by atoms with Crippen LogP contribution in [0.25, 0.3) is 11.4 Å². The fourth-order valence-corrected chi connectivity index (χ4v) is 2.78. The van der Waals surface area contributed by atoms with Crippen LogP contribution in [0.5, 0.6) is 0 Å². The first-order valence-corrected chi connectivity index (χ1v) is 8.86. The molecule has 0 unspecified atom stereocenters. The zero-order valence-electron chi connectivity index (χ0n) is 16.0. The highest BCUT2D eigenvalue weighted by Gasteiger charge is 2.23. The number of hydrogen-bond donors (Lipinski definition) is 0. The number of aromatic nitrogens is 3. The molecule has 1 aromatic carbocycles. The van der Waals surface area contributed by atoms with Gasteiger partial charge >= 0.3 is 0 Å². The number of carbonyl (C=O) groups excluding carboxylic acids is 1. The number of hydrogen-bond acceptors (Lipinski definition) is 6. The summed E-state index contributed by atoms with van der Waals surface area (Å²) in [5.74, 6) is 0.468. The molecule has 146 valence electrons. The van der Waals surface area contributed by atoms with Crippen LogP contribution in [-0.4, -0.2) is 51.0 Å². The van der Waals surface area contributed by atoms with E-state index < -0.39 is 6.04 Å². The third kappa shape index (κ3) is 4.77. The molecule has 28 heavy (non-hydrogen) atoms. The van der Waals surface area contributed by atoms with Gasteiger partial charge in [-0.3, -0.25) is 14.7 Å². The van der Waals surface area contributed by atoms with Crippen LogP contribution in [0, 0.1) is 5.82 Å². The summed E-state index contributed by atoms with van der Waals surface area (Å²) in [6.07, 6.45) is 3.33. The molecule has 0 aliphatic heterocycles. The summed E-state index contributed by atoms with van der Waals surface area (Å²) in [5.41, 5.74) is 1.50. The normalized spacial score (nSPS) is 12.2. The lowest BCUT2D eigenvalue weighted by Crippen LogP contribution is -2.43. The Labute approximate surface area is 162 Å². The van der Waals surface area contributed by atoms with Gasteiger partial charge in [0.15, 0.2) is 0 Å². The van der Waals surface area contributed by atoms with Gasteiger partial charge in [0.2, 0.25) is 17.6 Å². The molecule has 0 saturated heterocycles. The Morgan fingerprint density at radius 1 is 1.21 bits per heavy atom. The molecular weight excluding hydrogens is 361 g/mol. The molecule has 0 radical (unpaired) electrons. The summed E-state index contributed by atoms with van der Waals surface area (Å²) >= 11 is 0. The summed E-state index contributed by atoms with van der Waals surface area (Å²) in [6.45, 7) is 2.47. The van der Waals surface area contributed by atoms with E-state index in [4.69, 9.17) is 4.52 Å². The van der Waals surface area contributed by atoms with Crippen molar-refractivity contribution in [3.8, 4) is 11.4 Å². The van der Waals surface area contributed by atoms with Crippen molar-refractivity contribution in [1.82, 2.24) is 24.9 Å². The predicted molar refractivity (Wildman–Crippen MR) is 101 cm³/mol. The van der Waals surface area contributed by atoms with Gasteiger partial charge in [-0.25, -0.2) is 4.39 Å². The van der Waals surface area contributed by atoms with Crippen molar-refractivity contribution in [1.29, 1.82) is 0 Å². The van der Waals surface area contributed by atoms with E-state index in [1.165, 1.54) is 12.1 Å². The van der Waals surface area contributed by atoms with Gasteiger partial charge in [0.05, 0.1) is 12.6 Å². The highest BCUT2D eigenvalue weighted by atomic mass is 19.1. The second-order valence-corrected chi connectivity index (χ2v) is 6.67. The molecule has 0 bridgehead atoms. The number of amides is 1. The van der Waals surface area contributed by atoms with Crippen molar-refractivity contribution in [2.45, 2.75) is 26.1 Å². The van der Waals surface area contributed by atoms with Crippen molar-refractivity contribution < 1.29 is 13.7 Å². The first kappa shape index (κ1) is 19.6. The van der Waals surface area contributed by atoms with E-state index in [9.17, 15) is 9.18 Å². The van der Waals surface area contributed by atoms with Gasteiger partial charge in [0.1, 0.15) is 5.82 Å². The van der Waals surface area contributed by atoms with Crippen LogP contribution in [0.15, 0.2) is 53.3 Å². The summed E-state index contributed by atoms with van der Waals surface area (Å²) < 4.78 is 18.6. The zero-order valence-corrected chi connectivity index (χ0v) is 16.0. The topological polar surface area (TPSA) is 75.4 Å². The number of nitrogens with zero attached hydrogens (tertiary/aromatic N) is 5. The van der Waals surface area contributed by atoms with Gasteiger partial charge in [-0.05, 0) is 43.8 Å². The van der Waals surface area contributed by atoms with E-state index in [2.05, 4.69) is 15.1 Å². The van der Waals surface area contributed by atoms with Crippen LogP contribution in [0.2, 0.25) is 0 Å². The quantitative estimate of drug-likeness (QED) is 0.625. The maximum Gasteiger partial charge on any atom is 0.241 e. The first-order chi connectivity index (χ1) is 13.4. The molecule has 3 aromatic rings. The molecule has 0 saturated carbocycles. The number of carbonyl (C=O) groups is 1. The average molecular weight is 383 g/mol. The number of rotatable bonds is 7. The molecule has 1 atom stereocenters. The van der Waals surface area contributed by atoms with Crippen LogP contribution < -0.4 is 0 Å². The Kier molecular flexibility index (Phi) is 6.10. The van der Waals surface area contributed by atoms with Crippen molar-refractivity contribution in [2.24, 2.45) is 0 Å². The summed E-state index contributed by atoms with van der Waals surface area (Å²) in [6, 6.07) is 9.47. The Bertz CT molecular complexity index is 931. The lowest BCUT2D eigenvalue weighted by Gasteiger charge is -2.27. The van der Waals surface area contributed by atoms with E-state index in [1.807, 2.05) is 24.9 Å². The van der Waals surface area contributed by atoms with E-state index in [-0.39, 0.29) is 11.7 Å². The Morgan fingerprint density at radius 2 is 2.04 bits per heavy atom. The SMILES string of the molecule is C[C@@H](C(=O)N(C)Cc1cccc(F)c1)N(C)Cc1nc(-c2cccnc2)no1. The fraction of sp³-hybridized carbons (Fsp3) is 0.300. The van der Waals surface area contributed by atoms with Crippen LogP contribution in [0.4, 0.5) is 4.39 Å². The number of pyridine rings is 1. The van der Waals surface area contributed by atoms with Gasteiger partial charge in [-0.15, -0.1) is 0 Å². The molecule has 0 aliphatic rings. The highest BCUT2D eigenvalue weighted by molar-refractivity contribution is 5.81. The number of halogens is 1. The third-order valence-corrected chi connectivity index (χ3v) is 4.48. The highest BCUT2D eigenvalue weighted by Crippen LogP contribution is 2.15. The van der Waals surface area contributed by atoms with Crippen molar-refractivity contribution in [3.05, 3.63) is 66.1 Å². The van der Waals surface area contributed by atoms with E-state index >= 15 is 0 Å². The minimum absolute atomic E-state index is 0.0845. The van der Waals surface area contributed by atoms with E-state index in [1.54, 1.807) is 42.5 Å². The summed E-state index contributed by atoms with van der Waals surface area (Å²) in [7, 11) is 3.51. The second kappa shape index (κ2) is 8.71. The Morgan fingerprint density at radius 3 is 2.75 bits per heavy atom. The van der Waals surface area contributed by atoms with Crippen LogP contribution >= 0.6 is 0 Å². The van der Waals surface area contributed by atoms with E-state index in [0.717, 1.165) is 11.1 Å². The minimum atomic E-state index is -0.410. The van der Waals surface area contributed by atoms with Gasteiger partial charge in [-0.1, -0.05) is 17.3 Å². The van der Waals surface area contributed by atoms with E-state index in [0.29, 0.717) is 24.8 Å². The standard InChI is InChI=1S/C20H22FN5O2/c1-14(20(27)26(3)12-15-6-4-8-17(21)10-15)25(2)13-18-23-19(24-28-18)16-7-5-9-22-11-16/h4-11,14H,12-13H2,1-3H3/t14-/m0/s1. The molecule has 0 spiro atoms. The van der Waals surface area contributed by atoms with Gasteiger partial charge in [0, 0.05) is 31.5 Å². The van der Waals surface area contributed by atoms with Crippen molar-refractivity contribution in [3.63, 3.8) is 0 Å². The minimum Gasteiger partial charge on any atom is -0.340 e. The smallest absolute Gasteiger partial charge is 0.241 e. The van der Waals surface area contributed by atoms with Crippen molar-refractivity contribution >= 4 is 5.91 Å². The Balaban J connectivity index is 1.60. The maximum atomic E-state index is 13.3. The largest absolute Gasteiger partial charge is 0.340 e. The summed E-state index contributed by atoms with van der Waals surface area (Å²) in [4.78, 5) is 24.5. The molecule has 0 N–H and O–H groups in total. The molecule has 7 nitrogen and oxygen atoms in total. The second-order valence-electron chi connectivity index (χ2n) is 6.67. The molecule has 2 heterocycles. The average Bonchev–Trinajstić information content (AvgIpc) is 3.16. The molecular formula is C20H22FN5O2. The molecule has 8 heteroatoms. The fourth-order valence-electron chi connectivity index (χ4n) is 2.78. The molecule has 0 aliphatic carbocycles. The first-order valence-electron chi connectivity index (χ1n) is 8.86. The zero-order chi connectivity index (χ0) is 20.1. The number of benzene rings is 1. The maximum absolute atomic E-state index is 13.3. The van der Waals surface area contributed by atoms with Crippen LogP contribution in [-0.2, 0) is 17.9 Å². The van der Waals surface area contributed by atoms with Gasteiger partial charge in [-0.2, -0.15) is 4.98 Å². The van der Waals surface area contributed by atoms with Crippen molar-refractivity contribution in [2.75, 3.05) is 14.1 Å². The predicted octanol–water partition coefficient (Wildman–Crippen LogP) is 2.75. The summed E-state index contributed by atoms with van der Waals surface area (Å²) in [5, 5.41) is 3.96. The molecule has 0 fully saturated rings. The Hall–Kier alpha value is -3.13. The monoisotopic (exact) mass is 383 g/mol. The van der Waals surface area contributed by atoms with Gasteiger partial charge in [0.25, 0.3) is 0 Å². The third-order valence-electron chi connectivity index (χ3n) is 4.48. The molecule has 1 amide bonds. The van der Waals surface area contributed by atoms with Gasteiger partial charge < -0.3 is 9.42 Å². The lowest BCUT2D eigenvalue weighted by molar-refractivity contribution is -0.135. The molecule has 2 aromatic heterocycles. The lowest BCUT2D eigenvalue weighted by atomic mass is 10.2. The number of likely N-dealkylation sites (N-methyl/N-ethyl adjacent to an activating group) is 2.